The quantitative estimate of drug-likeness (QED) is 0.334. The second kappa shape index (κ2) is 12.4. The molecule has 1 atom stereocenters. The minimum atomic E-state index is -4.80. The molecule has 2 amide bonds. The number of hydrogen-bond donors (Lipinski definition) is 1. The number of hydrogen-bond acceptors (Lipinski definition) is 4. The van der Waals surface area contributed by atoms with E-state index in [4.69, 9.17) is 11.6 Å². The van der Waals surface area contributed by atoms with Gasteiger partial charge < -0.3 is 10.2 Å². The Balaban J connectivity index is 2.13. The number of nitrogens with zero attached hydrogens (tertiary/aromatic N) is 2. The van der Waals surface area contributed by atoms with E-state index < -0.39 is 51.9 Å². The Hall–Kier alpha value is -3.09. The molecule has 3 aromatic rings. The maximum Gasteiger partial charge on any atom is 0.416 e. The fourth-order valence-corrected chi connectivity index (χ4v) is 5.90. The summed E-state index contributed by atoms with van der Waals surface area (Å²) < 4.78 is 69.3. The van der Waals surface area contributed by atoms with Crippen molar-refractivity contribution in [1.29, 1.82) is 0 Å². The van der Waals surface area contributed by atoms with Crippen molar-refractivity contribution >= 4 is 55.1 Å². The van der Waals surface area contributed by atoms with E-state index in [9.17, 15) is 31.2 Å². The van der Waals surface area contributed by atoms with Crippen molar-refractivity contribution in [2.75, 3.05) is 17.9 Å². The summed E-state index contributed by atoms with van der Waals surface area (Å²) in [5, 5.41) is 2.14. The summed E-state index contributed by atoms with van der Waals surface area (Å²) in [6, 6.07) is 15.0. The van der Waals surface area contributed by atoms with Gasteiger partial charge in [0.05, 0.1) is 21.2 Å². The van der Waals surface area contributed by atoms with Crippen molar-refractivity contribution in [1.82, 2.24) is 10.2 Å². The largest absolute Gasteiger partial charge is 0.416 e. The van der Waals surface area contributed by atoms with Crippen molar-refractivity contribution in [3.8, 4) is 0 Å². The van der Waals surface area contributed by atoms with E-state index in [0.717, 1.165) is 11.0 Å². The number of likely N-dealkylation sites (N-methyl/N-ethyl adjacent to an activating group) is 1. The van der Waals surface area contributed by atoms with Gasteiger partial charge in [-0.3, -0.25) is 13.9 Å². The smallest absolute Gasteiger partial charge is 0.357 e. The Morgan fingerprint density at radius 3 is 2.28 bits per heavy atom. The second-order valence-corrected chi connectivity index (χ2v) is 11.6. The molecule has 0 fully saturated rings. The molecule has 0 aliphatic carbocycles. The van der Waals surface area contributed by atoms with Crippen LogP contribution in [0.4, 0.5) is 18.9 Å². The van der Waals surface area contributed by atoms with Gasteiger partial charge in [-0.05, 0) is 55.0 Å². The average molecular weight is 647 g/mol. The van der Waals surface area contributed by atoms with E-state index in [1.165, 1.54) is 38.2 Å². The van der Waals surface area contributed by atoms with Gasteiger partial charge in [-0.15, -0.1) is 0 Å². The van der Waals surface area contributed by atoms with Gasteiger partial charge in [0, 0.05) is 18.1 Å². The van der Waals surface area contributed by atoms with Gasteiger partial charge in [0.25, 0.3) is 10.0 Å². The minimum Gasteiger partial charge on any atom is -0.357 e. The fourth-order valence-electron chi connectivity index (χ4n) is 3.74. The van der Waals surface area contributed by atoms with E-state index in [0.29, 0.717) is 26.5 Å². The molecular formula is C26H24BrClF3N3O4S. The normalized spacial score (nSPS) is 12.5. The van der Waals surface area contributed by atoms with Gasteiger partial charge in [-0.1, -0.05) is 57.9 Å². The summed E-state index contributed by atoms with van der Waals surface area (Å²) in [6.07, 6.45) is -4.80. The van der Waals surface area contributed by atoms with Gasteiger partial charge in [0.2, 0.25) is 11.8 Å². The van der Waals surface area contributed by atoms with E-state index in [1.54, 1.807) is 30.3 Å². The zero-order valence-corrected chi connectivity index (χ0v) is 23.9. The van der Waals surface area contributed by atoms with Gasteiger partial charge in [0.1, 0.15) is 12.6 Å². The van der Waals surface area contributed by atoms with Crippen LogP contribution in [0.3, 0.4) is 0 Å². The topological polar surface area (TPSA) is 86.8 Å². The number of anilines is 1. The highest BCUT2D eigenvalue weighted by Gasteiger charge is 2.36. The first kappa shape index (κ1) is 30.5. The number of nitrogens with one attached hydrogen (secondary N) is 1. The summed E-state index contributed by atoms with van der Waals surface area (Å²) in [7, 11) is -3.19. The van der Waals surface area contributed by atoms with Crippen molar-refractivity contribution in [2.45, 2.75) is 30.6 Å². The molecule has 0 aromatic heterocycles. The van der Waals surface area contributed by atoms with Gasteiger partial charge in [0.15, 0.2) is 0 Å². The number of alkyl halides is 3. The van der Waals surface area contributed by atoms with Crippen LogP contribution in [0.15, 0.2) is 82.2 Å². The van der Waals surface area contributed by atoms with Crippen LogP contribution in [0.2, 0.25) is 5.02 Å². The molecule has 3 rings (SSSR count). The van der Waals surface area contributed by atoms with Crippen LogP contribution in [0.25, 0.3) is 0 Å². The third-order valence-corrected chi connectivity index (χ3v) is 8.39. The Bertz CT molecular complexity index is 1460. The molecule has 1 N–H and O–H groups in total. The Morgan fingerprint density at radius 2 is 1.69 bits per heavy atom. The average Bonchev–Trinajstić information content (AvgIpc) is 2.89. The predicted molar refractivity (Wildman–Crippen MR) is 146 cm³/mol. The molecule has 0 heterocycles. The molecule has 208 valence electrons. The summed E-state index contributed by atoms with van der Waals surface area (Å²) in [5.74, 6) is -1.35. The molecule has 7 nitrogen and oxygen atoms in total. The van der Waals surface area contributed by atoms with Gasteiger partial charge >= 0.3 is 6.18 Å². The predicted octanol–water partition coefficient (Wildman–Crippen LogP) is 5.48. The molecule has 0 spiro atoms. The lowest BCUT2D eigenvalue weighted by Crippen LogP contribution is -2.50. The van der Waals surface area contributed by atoms with Crippen LogP contribution in [0.5, 0.6) is 0 Å². The molecular weight excluding hydrogens is 623 g/mol. The van der Waals surface area contributed by atoms with Crippen LogP contribution in [0, 0.1) is 0 Å². The zero-order chi connectivity index (χ0) is 29.0. The first-order valence-electron chi connectivity index (χ1n) is 11.5. The maximum atomic E-state index is 13.7. The molecule has 0 saturated carbocycles. The third kappa shape index (κ3) is 7.31. The SMILES string of the molecule is CNC(=O)C(C)N(Cc1cccc(Br)c1)C(=O)CN(c1cc(C(F)(F)F)ccc1Cl)S(=O)(=O)c1ccccc1. The van der Waals surface area contributed by atoms with Crippen molar-refractivity contribution in [3.05, 3.63) is 93.4 Å². The summed E-state index contributed by atoms with van der Waals surface area (Å²) in [4.78, 5) is 27.1. The highest BCUT2D eigenvalue weighted by molar-refractivity contribution is 9.10. The standard InChI is InChI=1S/C26H24BrClF3N3O4S/c1-17(25(36)32-2)33(15-18-7-6-8-20(27)13-18)24(35)16-34(39(37,38)21-9-4-3-5-10-21)23-14-19(26(29,30)31)11-12-22(23)28/h3-14,17H,15-16H2,1-2H3,(H,32,36). The highest BCUT2D eigenvalue weighted by Crippen LogP contribution is 2.37. The molecule has 0 radical (unpaired) electrons. The summed E-state index contributed by atoms with van der Waals surface area (Å²) >= 11 is 9.56. The van der Waals surface area contributed by atoms with Gasteiger partial charge in [-0.2, -0.15) is 13.2 Å². The lowest BCUT2D eigenvalue weighted by molar-refractivity contribution is -0.139. The van der Waals surface area contributed by atoms with Crippen molar-refractivity contribution in [2.24, 2.45) is 0 Å². The zero-order valence-electron chi connectivity index (χ0n) is 20.7. The molecule has 1 unspecified atom stereocenters. The number of carbonyl (C=O) groups is 2. The number of carbonyl (C=O) groups excluding carboxylic acids is 2. The molecule has 0 saturated heterocycles. The van der Waals surface area contributed by atoms with E-state index in [-0.39, 0.29) is 16.5 Å². The second-order valence-electron chi connectivity index (χ2n) is 8.43. The number of rotatable bonds is 9. The van der Waals surface area contributed by atoms with E-state index in [1.807, 2.05) is 0 Å². The number of benzene rings is 3. The van der Waals surface area contributed by atoms with Crippen LogP contribution in [-0.2, 0) is 32.3 Å². The molecule has 39 heavy (non-hydrogen) atoms. The highest BCUT2D eigenvalue weighted by atomic mass is 79.9. The van der Waals surface area contributed by atoms with Crippen molar-refractivity contribution in [3.63, 3.8) is 0 Å². The molecule has 0 aliphatic heterocycles. The fraction of sp³-hybridized carbons (Fsp3) is 0.231. The summed E-state index contributed by atoms with van der Waals surface area (Å²) in [5.41, 5.74) is -1.05. The number of sulfonamides is 1. The first-order valence-corrected chi connectivity index (χ1v) is 14.1. The third-order valence-electron chi connectivity index (χ3n) is 5.81. The summed E-state index contributed by atoms with van der Waals surface area (Å²) in [6.45, 7) is 0.456. The van der Waals surface area contributed by atoms with Crippen LogP contribution < -0.4 is 9.62 Å². The molecule has 0 bridgehead atoms. The first-order chi connectivity index (χ1) is 18.3. The lowest BCUT2D eigenvalue weighted by Gasteiger charge is -2.32. The van der Waals surface area contributed by atoms with Crippen LogP contribution in [-0.4, -0.2) is 44.8 Å². The molecule has 0 aliphatic rings. The molecule has 3 aromatic carbocycles. The lowest BCUT2D eigenvalue weighted by atomic mass is 10.1. The monoisotopic (exact) mass is 645 g/mol. The van der Waals surface area contributed by atoms with E-state index in [2.05, 4.69) is 21.2 Å². The van der Waals surface area contributed by atoms with Crippen LogP contribution >= 0.6 is 27.5 Å². The Labute approximate surface area is 237 Å². The number of amides is 2. The Morgan fingerprint density at radius 1 is 1.03 bits per heavy atom. The Kier molecular flexibility index (Phi) is 9.68. The van der Waals surface area contributed by atoms with Gasteiger partial charge in [-0.25, -0.2) is 8.42 Å². The number of halogens is 5. The minimum absolute atomic E-state index is 0.0809. The van der Waals surface area contributed by atoms with Crippen molar-refractivity contribution < 1.29 is 31.2 Å². The maximum absolute atomic E-state index is 13.7. The molecule has 13 heteroatoms. The van der Waals surface area contributed by atoms with E-state index >= 15 is 0 Å². The van der Waals surface area contributed by atoms with Crippen LogP contribution in [0.1, 0.15) is 18.1 Å².